The zero-order valence-electron chi connectivity index (χ0n) is 9.06. The van der Waals surface area contributed by atoms with Crippen LogP contribution in [0.1, 0.15) is 32.1 Å². The summed E-state index contributed by atoms with van der Waals surface area (Å²) in [7, 11) is 0. The van der Waals surface area contributed by atoms with Crippen LogP contribution in [0.5, 0.6) is 0 Å². The lowest BCUT2D eigenvalue weighted by atomic mass is 9.83. The van der Waals surface area contributed by atoms with Crippen LogP contribution >= 0.6 is 0 Å². The molecule has 0 atom stereocenters. The van der Waals surface area contributed by atoms with Crippen molar-refractivity contribution in [3.05, 3.63) is 11.1 Å². The fourth-order valence-corrected chi connectivity index (χ4v) is 2.37. The Balaban J connectivity index is 2.07. The highest BCUT2D eigenvalue weighted by atomic mass is 19.4. The van der Waals surface area contributed by atoms with Gasteiger partial charge >= 0.3 is 6.18 Å². The van der Waals surface area contributed by atoms with Crippen molar-refractivity contribution in [2.24, 2.45) is 5.92 Å². The number of alkyl halides is 3. The molecule has 1 saturated carbocycles. The normalized spacial score (nSPS) is 26.4. The number of hydrogen-bond acceptors (Lipinski definition) is 2. The average molecular weight is 247 g/mol. The second-order valence-electron chi connectivity index (χ2n) is 4.45. The third-order valence-corrected chi connectivity index (χ3v) is 3.34. The van der Waals surface area contributed by atoms with Gasteiger partial charge in [0.25, 0.3) is 5.91 Å². The van der Waals surface area contributed by atoms with Crippen LogP contribution in [0.15, 0.2) is 11.1 Å². The molecule has 0 aromatic heterocycles. The van der Waals surface area contributed by atoms with Gasteiger partial charge < -0.3 is 0 Å². The van der Waals surface area contributed by atoms with Crippen molar-refractivity contribution in [1.82, 2.24) is 5.32 Å². The lowest BCUT2D eigenvalue weighted by molar-refractivity contribution is -0.179. The van der Waals surface area contributed by atoms with Gasteiger partial charge in [0.2, 0.25) is 5.91 Å². The van der Waals surface area contributed by atoms with Gasteiger partial charge in [-0.1, -0.05) is 5.57 Å². The molecule has 1 saturated heterocycles. The number of hydrogen-bond donors (Lipinski definition) is 1. The summed E-state index contributed by atoms with van der Waals surface area (Å²) in [6.07, 6.45) is -3.57. The van der Waals surface area contributed by atoms with E-state index in [9.17, 15) is 22.8 Å². The fraction of sp³-hybridized carbons (Fsp3) is 0.636. The molecule has 3 nitrogen and oxygen atoms in total. The molecule has 17 heavy (non-hydrogen) atoms. The Labute approximate surface area is 96.1 Å². The molecule has 0 radical (unpaired) electrons. The molecule has 2 fully saturated rings. The molecule has 6 heteroatoms. The molecule has 0 bridgehead atoms. The first-order valence-electron chi connectivity index (χ1n) is 5.49. The van der Waals surface area contributed by atoms with E-state index >= 15 is 0 Å². The Morgan fingerprint density at radius 1 is 1.12 bits per heavy atom. The van der Waals surface area contributed by atoms with E-state index in [4.69, 9.17) is 0 Å². The molecule has 1 N–H and O–H groups in total. The molecule has 0 aromatic rings. The number of carbonyl (C=O) groups is 2. The minimum absolute atomic E-state index is 0.0177. The van der Waals surface area contributed by atoms with E-state index in [0.29, 0.717) is 11.1 Å². The van der Waals surface area contributed by atoms with Gasteiger partial charge in [-0.05, 0) is 25.7 Å². The van der Waals surface area contributed by atoms with E-state index < -0.39 is 18.0 Å². The quantitative estimate of drug-likeness (QED) is 0.526. The van der Waals surface area contributed by atoms with Crippen molar-refractivity contribution in [2.75, 3.05) is 0 Å². The van der Waals surface area contributed by atoms with Crippen molar-refractivity contribution >= 4 is 11.8 Å². The second-order valence-corrected chi connectivity index (χ2v) is 4.45. The van der Waals surface area contributed by atoms with Gasteiger partial charge in [0.15, 0.2) is 0 Å². The predicted molar refractivity (Wildman–Crippen MR) is 52.8 cm³/mol. The van der Waals surface area contributed by atoms with Crippen LogP contribution in [0.2, 0.25) is 0 Å². The van der Waals surface area contributed by atoms with Gasteiger partial charge in [-0.3, -0.25) is 14.9 Å². The van der Waals surface area contributed by atoms with E-state index in [1.54, 1.807) is 0 Å². The van der Waals surface area contributed by atoms with Crippen LogP contribution in [-0.2, 0) is 9.59 Å². The number of nitrogens with one attached hydrogen (secondary N) is 1. The van der Waals surface area contributed by atoms with Crippen LogP contribution in [0, 0.1) is 5.92 Å². The Bertz CT molecular complexity index is 388. The largest absolute Gasteiger partial charge is 0.391 e. The predicted octanol–water partition coefficient (Wildman–Crippen LogP) is 2.08. The molecular weight excluding hydrogens is 235 g/mol. The summed E-state index contributed by atoms with van der Waals surface area (Å²) in [5.41, 5.74) is 1.10. The topological polar surface area (TPSA) is 46.2 Å². The summed E-state index contributed by atoms with van der Waals surface area (Å²) in [6, 6.07) is 0. The van der Waals surface area contributed by atoms with Crippen molar-refractivity contribution in [3.8, 4) is 0 Å². The van der Waals surface area contributed by atoms with Gasteiger partial charge in [-0.25, -0.2) is 0 Å². The highest BCUT2D eigenvalue weighted by Gasteiger charge is 2.41. The van der Waals surface area contributed by atoms with Crippen LogP contribution in [0.3, 0.4) is 0 Å². The zero-order chi connectivity index (χ0) is 12.6. The molecule has 1 aliphatic heterocycles. The van der Waals surface area contributed by atoms with Gasteiger partial charge in [-0.15, -0.1) is 0 Å². The maximum absolute atomic E-state index is 12.4. The van der Waals surface area contributed by atoms with Gasteiger partial charge in [0.05, 0.1) is 12.3 Å². The van der Waals surface area contributed by atoms with Crippen molar-refractivity contribution in [1.29, 1.82) is 0 Å². The molecule has 1 aliphatic carbocycles. The first kappa shape index (κ1) is 12.1. The van der Waals surface area contributed by atoms with Crippen molar-refractivity contribution < 1.29 is 22.8 Å². The minimum atomic E-state index is -4.15. The Kier molecular flexibility index (Phi) is 2.97. The monoisotopic (exact) mass is 247 g/mol. The average Bonchev–Trinajstić information content (AvgIpc) is 2.57. The third kappa shape index (κ3) is 2.50. The molecule has 0 aromatic carbocycles. The molecule has 0 spiro atoms. The first-order valence-corrected chi connectivity index (χ1v) is 5.49. The summed E-state index contributed by atoms with van der Waals surface area (Å²) in [6.45, 7) is 0. The van der Waals surface area contributed by atoms with E-state index in [0.717, 1.165) is 0 Å². The van der Waals surface area contributed by atoms with E-state index in [2.05, 4.69) is 5.32 Å². The Morgan fingerprint density at radius 2 is 1.71 bits per heavy atom. The summed E-state index contributed by atoms with van der Waals surface area (Å²) < 4.78 is 37.3. The van der Waals surface area contributed by atoms with Crippen molar-refractivity contribution in [2.45, 2.75) is 38.3 Å². The molecule has 94 valence electrons. The summed E-state index contributed by atoms with van der Waals surface area (Å²) in [4.78, 5) is 22.3. The maximum Gasteiger partial charge on any atom is 0.391 e. The zero-order valence-corrected chi connectivity index (χ0v) is 9.06. The molecule has 2 aliphatic rings. The second kappa shape index (κ2) is 4.16. The SMILES string of the molecule is O=C1CC(=C2CCC(C(F)(F)F)CC2)C(=O)N1. The van der Waals surface area contributed by atoms with Crippen LogP contribution in [-0.4, -0.2) is 18.0 Å². The van der Waals surface area contributed by atoms with Crippen molar-refractivity contribution in [3.63, 3.8) is 0 Å². The minimum Gasteiger partial charge on any atom is -0.292 e. The van der Waals surface area contributed by atoms with Gasteiger partial charge in [0, 0.05) is 5.57 Å². The lowest BCUT2D eigenvalue weighted by Gasteiger charge is -2.26. The van der Waals surface area contributed by atoms with Crippen LogP contribution < -0.4 is 5.32 Å². The van der Waals surface area contributed by atoms with Gasteiger partial charge in [-0.2, -0.15) is 13.2 Å². The number of allylic oxidation sites excluding steroid dienone is 1. The molecule has 1 heterocycles. The molecular formula is C11H12F3NO2. The maximum atomic E-state index is 12.4. The van der Waals surface area contributed by atoms with Gasteiger partial charge in [0.1, 0.15) is 0 Å². The highest BCUT2D eigenvalue weighted by Crippen LogP contribution is 2.40. The number of amides is 2. The summed E-state index contributed by atoms with van der Waals surface area (Å²) in [5.74, 6) is -2.07. The van der Waals surface area contributed by atoms with E-state index in [-0.39, 0.29) is 38.0 Å². The van der Waals surface area contributed by atoms with E-state index in [1.807, 2.05) is 0 Å². The summed E-state index contributed by atoms with van der Waals surface area (Å²) in [5, 5.41) is 2.15. The number of halogens is 3. The Morgan fingerprint density at radius 3 is 2.12 bits per heavy atom. The fourth-order valence-electron chi connectivity index (χ4n) is 2.37. The standard InChI is InChI=1S/C11H12F3NO2/c12-11(13,14)7-3-1-6(2-4-7)8-5-9(16)15-10(8)17/h7H,1-5H2,(H,15,16,17). The molecule has 2 amide bonds. The number of rotatable bonds is 0. The smallest absolute Gasteiger partial charge is 0.292 e. The first-order chi connectivity index (χ1) is 7.88. The third-order valence-electron chi connectivity index (χ3n) is 3.34. The number of carbonyl (C=O) groups excluding carboxylic acids is 2. The van der Waals surface area contributed by atoms with Crippen LogP contribution in [0.4, 0.5) is 13.2 Å². The Hall–Kier alpha value is -1.33. The molecule has 0 unspecified atom stereocenters. The molecule has 2 rings (SSSR count). The van der Waals surface area contributed by atoms with Crippen LogP contribution in [0.25, 0.3) is 0 Å². The lowest BCUT2D eigenvalue weighted by Crippen LogP contribution is -2.26. The summed E-state index contributed by atoms with van der Waals surface area (Å²) >= 11 is 0. The van der Waals surface area contributed by atoms with E-state index in [1.165, 1.54) is 0 Å². The highest BCUT2D eigenvalue weighted by molar-refractivity contribution is 6.13. The number of imide groups is 1.